The van der Waals surface area contributed by atoms with Gasteiger partial charge in [-0.05, 0) is 34.9 Å². The molecular formula is C22H25N3O2S. The maximum absolute atomic E-state index is 13.1. The lowest BCUT2D eigenvalue weighted by Crippen LogP contribution is -2.31. The Labute approximate surface area is 169 Å². The van der Waals surface area contributed by atoms with E-state index in [9.17, 15) is 4.79 Å². The van der Waals surface area contributed by atoms with E-state index in [4.69, 9.17) is 4.74 Å². The standard InChI is InChI=1S/C22H25N3O2S/c1-14(2)15-7-9-16(10-8-15)21-18-19(17-6-4-13-28-17)23-24-20(18)22(26)25(21)11-5-12-27-3/h4,6-10,13-14,21H,5,11-12H2,1-3H3,(H,23,24). The number of ether oxygens (including phenoxy) is 1. The van der Waals surface area contributed by atoms with Gasteiger partial charge in [0.1, 0.15) is 0 Å². The molecule has 0 saturated carbocycles. The number of aromatic amines is 1. The fourth-order valence-corrected chi connectivity index (χ4v) is 4.55. The van der Waals surface area contributed by atoms with Gasteiger partial charge < -0.3 is 9.64 Å². The maximum Gasteiger partial charge on any atom is 0.275 e. The number of H-pyrrole nitrogens is 1. The average molecular weight is 396 g/mol. The average Bonchev–Trinajstić information content (AvgIpc) is 3.41. The maximum atomic E-state index is 13.1. The first-order valence-corrected chi connectivity index (χ1v) is 10.5. The second-order valence-corrected chi connectivity index (χ2v) is 8.35. The Morgan fingerprint density at radius 1 is 1.25 bits per heavy atom. The quantitative estimate of drug-likeness (QED) is 0.582. The van der Waals surface area contributed by atoms with Crippen LogP contribution in [-0.2, 0) is 4.74 Å². The molecule has 1 atom stereocenters. The van der Waals surface area contributed by atoms with Crippen LogP contribution in [0.25, 0.3) is 10.6 Å². The first kappa shape index (κ1) is 18.9. The summed E-state index contributed by atoms with van der Waals surface area (Å²) in [5.74, 6) is 0.464. The van der Waals surface area contributed by atoms with Crippen LogP contribution in [0.4, 0.5) is 0 Å². The van der Waals surface area contributed by atoms with Crippen LogP contribution in [-0.4, -0.2) is 41.3 Å². The van der Waals surface area contributed by atoms with Gasteiger partial charge in [0, 0.05) is 25.8 Å². The van der Waals surface area contributed by atoms with Crippen LogP contribution in [0, 0.1) is 0 Å². The van der Waals surface area contributed by atoms with Crippen molar-refractivity contribution >= 4 is 17.2 Å². The molecule has 1 unspecified atom stereocenters. The molecule has 0 bridgehead atoms. The second kappa shape index (κ2) is 7.89. The van der Waals surface area contributed by atoms with Crippen molar-refractivity contribution in [3.05, 3.63) is 64.2 Å². The number of thiophene rings is 1. The van der Waals surface area contributed by atoms with Gasteiger partial charge in [-0.3, -0.25) is 9.89 Å². The van der Waals surface area contributed by atoms with E-state index in [0.717, 1.165) is 28.1 Å². The molecule has 1 N–H and O–H groups in total. The summed E-state index contributed by atoms with van der Waals surface area (Å²) in [6.07, 6.45) is 0.797. The number of aromatic nitrogens is 2. The Morgan fingerprint density at radius 3 is 2.68 bits per heavy atom. The van der Waals surface area contributed by atoms with Crippen molar-refractivity contribution in [3.8, 4) is 10.6 Å². The summed E-state index contributed by atoms with van der Waals surface area (Å²) < 4.78 is 5.20. The molecule has 0 saturated heterocycles. The van der Waals surface area contributed by atoms with Crippen molar-refractivity contribution in [3.63, 3.8) is 0 Å². The van der Waals surface area contributed by atoms with E-state index in [1.807, 2.05) is 16.3 Å². The molecule has 1 aromatic carbocycles. The minimum absolute atomic E-state index is 0.0110. The largest absolute Gasteiger partial charge is 0.385 e. The fraction of sp³-hybridized carbons (Fsp3) is 0.364. The first-order chi connectivity index (χ1) is 13.6. The van der Waals surface area contributed by atoms with Crippen molar-refractivity contribution in [2.24, 2.45) is 0 Å². The van der Waals surface area contributed by atoms with E-state index in [2.05, 4.69) is 54.4 Å². The Kier molecular flexibility index (Phi) is 5.33. The minimum atomic E-state index is -0.128. The van der Waals surface area contributed by atoms with Gasteiger partial charge in [-0.15, -0.1) is 11.3 Å². The molecule has 1 aliphatic rings. The van der Waals surface area contributed by atoms with E-state index < -0.39 is 0 Å². The van der Waals surface area contributed by atoms with Crippen molar-refractivity contribution in [2.75, 3.05) is 20.3 Å². The highest BCUT2D eigenvalue weighted by Gasteiger charge is 2.42. The first-order valence-electron chi connectivity index (χ1n) is 9.63. The fourth-order valence-electron chi connectivity index (χ4n) is 3.82. The zero-order chi connectivity index (χ0) is 19.7. The molecule has 0 fully saturated rings. The molecule has 1 amide bonds. The van der Waals surface area contributed by atoms with Crippen molar-refractivity contribution in [2.45, 2.75) is 32.2 Å². The number of amides is 1. The van der Waals surface area contributed by atoms with Gasteiger partial charge in [0.05, 0.1) is 16.6 Å². The summed E-state index contributed by atoms with van der Waals surface area (Å²) in [5, 5.41) is 9.55. The van der Waals surface area contributed by atoms with Gasteiger partial charge in [0.25, 0.3) is 5.91 Å². The van der Waals surface area contributed by atoms with Crippen LogP contribution in [0.5, 0.6) is 0 Å². The number of hydrogen-bond donors (Lipinski definition) is 1. The lowest BCUT2D eigenvalue weighted by molar-refractivity contribution is 0.0723. The molecule has 4 rings (SSSR count). The van der Waals surface area contributed by atoms with Crippen molar-refractivity contribution in [1.29, 1.82) is 0 Å². The highest BCUT2D eigenvalue weighted by molar-refractivity contribution is 7.13. The number of carbonyl (C=O) groups is 1. The third-order valence-corrected chi connectivity index (χ3v) is 6.17. The molecule has 6 heteroatoms. The number of fused-ring (bicyclic) bond motifs is 1. The van der Waals surface area contributed by atoms with Gasteiger partial charge in [0.15, 0.2) is 5.69 Å². The number of nitrogens with one attached hydrogen (secondary N) is 1. The van der Waals surface area contributed by atoms with Gasteiger partial charge in [-0.2, -0.15) is 5.10 Å². The summed E-state index contributed by atoms with van der Waals surface area (Å²) >= 11 is 1.65. The molecule has 28 heavy (non-hydrogen) atoms. The molecule has 5 nitrogen and oxygen atoms in total. The van der Waals surface area contributed by atoms with E-state index in [1.54, 1.807) is 18.4 Å². The van der Waals surface area contributed by atoms with Gasteiger partial charge >= 0.3 is 0 Å². The summed E-state index contributed by atoms with van der Waals surface area (Å²) in [5.41, 5.74) is 4.89. The molecule has 3 aromatic rings. The second-order valence-electron chi connectivity index (χ2n) is 7.41. The lowest BCUT2D eigenvalue weighted by atomic mass is 9.95. The third-order valence-electron chi connectivity index (χ3n) is 5.29. The lowest BCUT2D eigenvalue weighted by Gasteiger charge is -2.26. The molecule has 2 aromatic heterocycles. The van der Waals surface area contributed by atoms with Crippen molar-refractivity contribution in [1.82, 2.24) is 15.1 Å². The monoisotopic (exact) mass is 395 g/mol. The Balaban J connectivity index is 1.78. The number of rotatable bonds is 7. The number of benzene rings is 1. The number of methoxy groups -OCH3 is 1. The van der Waals surface area contributed by atoms with Crippen LogP contribution in [0.3, 0.4) is 0 Å². The van der Waals surface area contributed by atoms with Crippen LogP contribution in [0.1, 0.15) is 59.4 Å². The summed E-state index contributed by atoms with van der Waals surface area (Å²) in [6, 6.07) is 12.6. The molecule has 1 aliphatic heterocycles. The van der Waals surface area contributed by atoms with E-state index in [-0.39, 0.29) is 11.9 Å². The molecule has 0 spiro atoms. The third kappa shape index (κ3) is 3.27. The predicted molar refractivity (Wildman–Crippen MR) is 112 cm³/mol. The summed E-state index contributed by atoms with van der Waals surface area (Å²) in [7, 11) is 1.69. The zero-order valence-corrected chi connectivity index (χ0v) is 17.3. The molecule has 0 radical (unpaired) electrons. The van der Waals surface area contributed by atoms with Crippen LogP contribution < -0.4 is 0 Å². The molecular weight excluding hydrogens is 370 g/mol. The van der Waals surface area contributed by atoms with E-state index >= 15 is 0 Å². The number of nitrogens with zero attached hydrogens (tertiary/aromatic N) is 2. The Morgan fingerprint density at radius 2 is 2.04 bits per heavy atom. The van der Waals surface area contributed by atoms with Crippen LogP contribution in [0.15, 0.2) is 41.8 Å². The van der Waals surface area contributed by atoms with Crippen LogP contribution >= 0.6 is 11.3 Å². The Hall–Kier alpha value is -2.44. The normalized spacial score (nSPS) is 16.2. The van der Waals surface area contributed by atoms with Gasteiger partial charge in [-0.1, -0.05) is 44.2 Å². The molecule has 146 valence electrons. The van der Waals surface area contributed by atoms with Crippen molar-refractivity contribution < 1.29 is 9.53 Å². The highest BCUT2D eigenvalue weighted by Crippen LogP contribution is 2.43. The molecule has 0 aliphatic carbocycles. The number of carbonyl (C=O) groups excluding carboxylic acids is 1. The minimum Gasteiger partial charge on any atom is -0.385 e. The SMILES string of the molecule is COCCCN1C(=O)c2n[nH]c(-c3cccs3)c2C1c1ccc(C(C)C)cc1. The van der Waals surface area contributed by atoms with E-state index in [0.29, 0.717) is 24.8 Å². The highest BCUT2D eigenvalue weighted by atomic mass is 32.1. The predicted octanol–water partition coefficient (Wildman–Crippen LogP) is 4.84. The smallest absolute Gasteiger partial charge is 0.275 e. The van der Waals surface area contributed by atoms with Gasteiger partial charge in [0.2, 0.25) is 0 Å². The van der Waals surface area contributed by atoms with E-state index in [1.165, 1.54) is 5.56 Å². The summed E-state index contributed by atoms with van der Waals surface area (Å²) in [4.78, 5) is 16.2. The van der Waals surface area contributed by atoms with Gasteiger partial charge in [-0.25, -0.2) is 0 Å². The van der Waals surface area contributed by atoms with Crippen LogP contribution in [0.2, 0.25) is 0 Å². The topological polar surface area (TPSA) is 58.2 Å². The Bertz CT molecular complexity index is 945. The zero-order valence-electron chi connectivity index (χ0n) is 16.4. The number of hydrogen-bond acceptors (Lipinski definition) is 4. The summed E-state index contributed by atoms with van der Waals surface area (Å²) in [6.45, 7) is 5.65. The molecule has 3 heterocycles.